The van der Waals surface area contributed by atoms with Crippen molar-refractivity contribution in [3.8, 4) is 0 Å². The minimum atomic E-state index is -0.647. The number of rotatable bonds is 6. The Morgan fingerprint density at radius 1 is 0.838 bits per heavy atom. The number of carbonyl (C=O) groups is 3. The maximum Gasteiger partial charge on any atom is 0.316 e. The Balaban J connectivity index is 0.000000213. The van der Waals surface area contributed by atoms with Crippen molar-refractivity contribution >= 4 is 17.5 Å². The van der Waals surface area contributed by atoms with Crippen molar-refractivity contribution in [2.24, 2.45) is 5.92 Å². The summed E-state index contributed by atoms with van der Waals surface area (Å²) in [6.07, 6.45) is 2.27. The first-order chi connectivity index (χ1) is 17.6. The smallest absolute Gasteiger partial charge is 0.316 e. The van der Waals surface area contributed by atoms with Crippen LogP contribution in [-0.4, -0.2) is 58.1 Å². The van der Waals surface area contributed by atoms with Crippen LogP contribution in [0.4, 0.5) is 0 Å². The maximum atomic E-state index is 12.6. The molecular weight excluding hydrogens is 464 g/mol. The Bertz CT molecular complexity index is 1050. The van der Waals surface area contributed by atoms with E-state index >= 15 is 0 Å². The van der Waals surface area contributed by atoms with Gasteiger partial charge in [0, 0.05) is 26.1 Å². The van der Waals surface area contributed by atoms with Crippen LogP contribution in [-0.2, 0) is 32.2 Å². The van der Waals surface area contributed by atoms with E-state index in [1.54, 1.807) is 6.92 Å². The molecule has 0 N–H and O–H groups in total. The van der Waals surface area contributed by atoms with Gasteiger partial charge in [0.2, 0.25) is 0 Å². The van der Waals surface area contributed by atoms with Crippen LogP contribution in [0.25, 0.3) is 0 Å². The van der Waals surface area contributed by atoms with E-state index in [0.29, 0.717) is 18.8 Å². The SMILES string of the molecule is CC1(C)C(=O)CCCN1Cc1ccccc1.CCOC(=O)C1CCN(Cc2ccccc2)C(C)(C)C1=O. The molecule has 0 aliphatic carbocycles. The molecule has 1 unspecified atom stereocenters. The molecule has 0 spiro atoms. The zero-order valence-electron chi connectivity index (χ0n) is 23.0. The molecule has 6 heteroatoms. The average molecular weight is 507 g/mol. The third-order valence-corrected chi connectivity index (χ3v) is 7.71. The van der Waals surface area contributed by atoms with Crippen molar-refractivity contribution in [3.63, 3.8) is 0 Å². The monoisotopic (exact) mass is 506 g/mol. The van der Waals surface area contributed by atoms with Gasteiger partial charge in [-0.25, -0.2) is 0 Å². The van der Waals surface area contributed by atoms with Gasteiger partial charge in [0.05, 0.1) is 17.7 Å². The molecule has 0 amide bonds. The summed E-state index contributed by atoms with van der Waals surface area (Å²) in [7, 11) is 0. The van der Waals surface area contributed by atoms with Gasteiger partial charge < -0.3 is 4.74 Å². The summed E-state index contributed by atoms with van der Waals surface area (Å²) in [6.45, 7) is 13.3. The number of hydrogen-bond acceptors (Lipinski definition) is 6. The molecule has 37 heavy (non-hydrogen) atoms. The second kappa shape index (κ2) is 12.6. The predicted octanol–water partition coefficient (Wildman–Crippen LogP) is 5.05. The van der Waals surface area contributed by atoms with E-state index in [0.717, 1.165) is 39.0 Å². The van der Waals surface area contributed by atoms with E-state index in [2.05, 4.69) is 34.1 Å². The lowest BCUT2D eigenvalue weighted by molar-refractivity contribution is -0.158. The van der Waals surface area contributed by atoms with E-state index in [4.69, 9.17) is 4.74 Å². The Hall–Kier alpha value is -2.83. The van der Waals surface area contributed by atoms with E-state index in [1.165, 1.54) is 11.1 Å². The summed E-state index contributed by atoms with van der Waals surface area (Å²) in [5.41, 5.74) is 1.51. The van der Waals surface area contributed by atoms with Gasteiger partial charge in [-0.3, -0.25) is 24.2 Å². The fourth-order valence-corrected chi connectivity index (χ4v) is 5.10. The van der Waals surface area contributed by atoms with Gasteiger partial charge in [0.15, 0.2) is 11.6 Å². The van der Waals surface area contributed by atoms with E-state index in [9.17, 15) is 14.4 Å². The fourth-order valence-electron chi connectivity index (χ4n) is 5.10. The van der Waals surface area contributed by atoms with Crippen molar-refractivity contribution < 1.29 is 19.1 Å². The van der Waals surface area contributed by atoms with Gasteiger partial charge in [0.25, 0.3) is 0 Å². The molecule has 2 heterocycles. The second-order valence-electron chi connectivity index (χ2n) is 10.9. The minimum absolute atomic E-state index is 0.0388. The summed E-state index contributed by atoms with van der Waals surface area (Å²) >= 11 is 0. The molecule has 0 bridgehead atoms. The molecule has 2 aromatic carbocycles. The van der Waals surface area contributed by atoms with Crippen molar-refractivity contribution in [2.75, 3.05) is 19.7 Å². The molecule has 0 radical (unpaired) electrons. The van der Waals surface area contributed by atoms with Crippen LogP contribution in [0.15, 0.2) is 60.7 Å². The molecule has 1 atom stereocenters. The highest BCUT2D eigenvalue weighted by Crippen LogP contribution is 2.30. The van der Waals surface area contributed by atoms with Gasteiger partial charge in [-0.05, 0) is 65.1 Å². The number of Topliss-reactive ketones (excluding diaryl/α,β-unsaturated/α-hetero) is 2. The number of piperidine rings is 2. The van der Waals surface area contributed by atoms with Crippen LogP contribution in [0.1, 0.15) is 65.0 Å². The lowest BCUT2D eigenvalue weighted by Gasteiger charge is -2.43. The molecule has 0 aromatic heterocycles. The van der Waals surface area contributed by atoms with Crippen LogP contribution in [0.5, 0.6) is 0 Å². The van der Waals surface area contributed by atoms with Gasteiger partial charge in [-0.1, -0.05) is 60.7 Å². The first kappa shape index (κ1) is 28.7. The largest absolute Gasteiger partial charge is 0.465 e. The Labute approximate surface area is 222 Å². The third-order valence-electron chi connectivity index (χ3n) is 7.71. The summed E-state index contributed by atoms with van der Waals surface area (Å²) < 4.78 is 5.02. The molecule has 2 aliphatic heterocycles. The first-order valence-electron chi connectivity index (χ1n) is 13.4. The number of benzene rings is 2. The third kappa shape index (κ3) is 7.14. The van der Waals surface area contributed by atoms with Gasteiger partial charge >= 0.3 is 5.97 Å². The highest BCUT2D eigenvalue weighted by Gasteiger charge is 2.46. The number of ketones is 2. The number of likely N-dealkylation sites (tertiary alicyclic amines) is 2. The fraction of sp³-hybridized carbons (Fsp3) is 0.516. The molecule has 2 fully saturated rings. The Morgan fingerprint density at radius 2 is 1.35 bits per heavy atom. The highest BCUT2D eigenvalue weighted by molar-refractivity contribution is 6.04. The zero-order chi connectivity index (χ0) is 27.1. The summed E-state index contributed by atoms with van der Waals surface area (Å²) in [4.78, 5) is 40.8. The molecule has 4 rings (SSSR count). The second-order valence-corrected chi connectivity index (χ2v) is 10.9. The van der Waals surface area contributed by atoms with Crippen molar-refractivity contribution in [3.05, 3.63) is 71.8 Å². The summed E-state index contributed by atoms with van der Waals surface area (Å²) in [5, 5.41) is 0. The molecule has 0 saturated carbocycles. The highest BCUT2D eigenvalue weighted by atomic mass is 16.5. The topological polar surface area (TPSA) is 66.9 Å². The first-order valence-corrected chi connectivity index (χ1v) is 13.4. The van der Waals surface area contributed by atoms with Gasteiger partial charge in [-0.2, -0.15) is 0 Å². The molecule has 2 aliphatic rings. The van der Waals surface area contributed by atoms with Crippen molar-refractivity contribution in [1.82, 2.24) is 9.80 Å². The number of nitrogens with zero attached hydrogens (tertiary/aromatic N) is 2. The lowest BCUT2D eigenvalue weighted by Crippen LogP contribution is -2.58. The quantitative estimate of drug-likeness (QED) is 0.404. The minimum Gasteiger partial charge on any atom is -0.465 e. The molecule has 200 valence electrons. The Kier molecular flexibility index (Phi) is 9.80. The normalized spacial score (nSPS) is 21.6. The number of hydrogen-bond donors (Lipinski definition) is 0. The van der Waals surface area contributed by atoms with Crippen LogP contribution in [0.2, 0.25) is 0 Å². The zero-order valence-corrected chi connectivity index (χ0v) is 23.0. The van der Waals surface area contributed by atoms with Crippen LogP contribution < -0.4 is 0 Å². The molecular formula is C31H42N2O4. The lowest BCUT2D eigenvalue weighted by atomic mass is 9.81. The average Bonchev–Trinajstić information content (AvgIpc) is 2.87. The maximum absolute atomic E-state index is 12.6. The van der Waals surface area contributed by atoms with Gasteiger partial charge in [0.1, 0.15) is 5.92 Å². The molecule has 2 saturated heterocycles. The van der Waals surface area contributed by atoms with E-state index in [-0.39, 0.29) is 17.3 Å². The molecule has 6 nitrogen and oxygen atoms in total. The number of ether oxygens (including phenoxy) is 1. The van der Waals surface area contributed by atoms with Gasteiger partial charge in [-0.15, -0.1) is 0 Å². The van der Waals surface area contributed by atoms with E-state index in [1.807, 2.05) is 64.1 Å². The van der Waals surface area contributed by atoms with E-state index < -0.39 is 11.5 Å². The van der Waals surface area contributed by atoms with Crippen LogP contribution in [0.3, 0.4) is 0 Å². The molecule has 2 aromatic rings. The van der Waals surface area contributed by atoms with Crippen LogP contribution in [0, 0.1) is 5.92 Å². The Morgan fingerprint density at radius 3 is 1.86 bits per heavy atom. The van der Waals surface area contributed by atoms with Crippen LogP contribution >= 0.6 is 0 Å². The van der Waals surface area contributed by atoms with Crippen molar-refractivity contribution in [1.29, 1.82) is 0 Å². The number of carbonyl (C=O) groups excluding carboxylic acids is 3. The summed E-state index contributed by atoms with van der Waals surface area (Å²) in [6, 6.07) is 20.4. The standard InChI is InChI=1S/C17H23NO3.C14H19NO/c1-4-21-16(20)14-10-11-18(17(2,3)15(14)19)12-13-8-6-5-7-9-13;1-14(2)13(16)9-6-10-15(14)11-12-7-4-3-5-8-12/h5-9,14H,4,10-12H2,1-3H3;3-5,7-8H,6,9-11H2,1-2H3. The number of esters is 1. The van der Waals surface area contributed by atoms with Crippen molar-refractivity contribution in [2.45, 2.75) is 78.0 Å². The predicted molar refractivity (Wildman–Crippen MR) is 146 cm³/mol. The summed E-state index contributed by atoms with van der Waals surface area (Å²) in [5.74, 6) is -0.667.